The molecule has 0 heterocycles. The number of rotatable bonds is 11. The van der Waals surface area contributed by atoms with Crippen molar-refractivity contribution in [1.82, 2.24) is 10.2 Å². The zero-order chi connectivity index (χ0) is 29.3. The first-order chi connectivity index (χ1) is 18.3. The Kier molecular flexibility index (Phi) is 12.1. The number of aliphatic hydroxyl groups is 1. The number of nitrogens with zero attached hydrogens (tertiary/aromatic N) is 1. The number of amides is 3. The van der Waals surface area contributed by atoms with E-state index in [1.165, 1.54) is 16.7 Å². The van der Waals surface area contributed by atoms with Gasteiger partial charge in [-0.05, 0) is 88.3 Å². The fourth-order valence-electron chi connectivity index (χ4n) is 4.01. The van der Waals surface area contributed by atoms with Gasteiger partial charge in [0.15, 0.2) is 0 Å². The Morgan fingerprint density at radius 2 is 1.77 bits per heavy atom. The molecule has 0 aliphatic rings. The molecule has 10 heteroatoms. The van der Waals surface area contributed by atoms with Gasteiger partial charge in [0.25, 0.3) is 5.91 Å². The van der Waals surface area contributed by atoms with Gasteiger partial charge in [-0.1, -0.05) is 41.9 Å². The molecule has 0 saturated carbocycles. The van der Waals surface area contributed by atoms with Crippen molar-refractivity contribution in [3.05, 3.63) is 63.7 Å². The van der Waals surface area contributed by atoms with Crippen LogP contribution in [-0.4, -0.2) is 64.7 Å². The number of para-hydroxylation sites is 1. The number of halogens is 1. The molecular formula is C29H40ClN3O5S. The Labute approximate surface area is 240 Å². The van der Waals surface area contributed by atoms with Crippen LogP contribution in [0.25, 0.3) is 0 Å². The highest BCUT2D eigenvalue weighted by atomic mass is 35.5. The number of carbonyl (C=O) groups excluding carboxylic acids is 3. The van der Waals surface area contributed by atoms with Crippen molar-refractivity contribution in [1.29, 1.82) is 0 Å². The lowest BCUT2D eigenvalue weighted by Gasteiger charge is -2.34. The largest absolute Gasteiger partial charge is 0.444 e. The topological polar surface area (TPSA) is 108 Å². The van der Waals surface area contributed by atoms with Crippen LogP contribution in [-0.2, 0) is 14.3 Å². The van der Waals surface area contributed by atoms with Crippen LogP contribution in [0.15, 0.2) is 36.4 Å². The number of carbonyl (C=O) groups is 3. The summed E-state index contributed by atoms with van der Waals surface area (Å²) < 4.78 is 5.39. The summed E-state index contributed by atoms with van der Waals surface area (Å²) >= 11 is 7.92. The highest BCUT2D eigenvalue weighted by molar-refractivity contribution is 7.98. The average molecular weight is 578 g/mol. The zero-order valence-corrected chi connectivity index (χ0v) is 25.3. The average Bonchev–Trinajstić information content (AvgIpc) is 2.84. The van der Waals surface area contributed by atoms with E-state index in [0.29, 0.717) is 28.4 Å². The molecule has 0 radical (unpaired) electrons. The molecule has 2 rings (SSSR count). The SMILES string of the molecule is CSCCC(NC(=O)OC(C)(C)C)C(=O)N(CCO)C(C(=O)Nc1c(C)cccc1Cl)c1ccc(C)c(C)c1. The maximum atomic E-state index is 14.0. The number of hydrogen-bond donors (Lipinski definition) is 3. The Balaban J connectivity index is 2.56. The van der Waals surface area contributed by atoms with Gasteiger partial charge >= 0.3 is 6.09 Å². The number of aliphatic hydroxyl groups excluding tert-OH is 1. The molecule has 0 aliphatic heterocycles. The number of ether oxygens (including phenoxy) is 1. The van der Waals surface area contributed by atoms with E-state index >= 15 is 0 Å². The second-order valence-electron chi connectivity index (χ2n) is 10.4. The first-order valence-corrected chi connectivity index (χ1v) is 14.6. The molecule has 2 aromatic rings. The minimum absolute atomic E-state index is 0.128. The number of benzene rings is 2. The first kappa shape index (κ1) is 32.5. The molecule has 214 valence electrons. The summed E-state index contributed by atoms with van der Waals surface area (Å²) in [4.78, 5) is 41.9. The van der Waals surface area contributed by atoms with Crippen molar-refractivity contribution in [3.63, 3.8) is 0 Å². The van der Waals surface area contributed by atoms with Gasteiger partial charge < -0.3 is 25.4 Å². The smallest absolute Gasteiger partial charge is 0.408 e. The predicted molar refractivity (Wildman–Crippen MR) is 158 cm³/mol. The van der Waals surface area contributed by atoms with Gasteiger partial charge in [-0.25, -0.2) is 4.79 Å². The normalized spacial score (nSPS) is 12.8. The third kappa shape index (κ3) is 9.44. The highest BCUT2D eigenvalue weighted by Crippen LogP contribution is 2.30. The van der Waals surface area contributed by atoms with Crippen molar-refractivity contribution >= 4 is 47.0 Å². The maximum Gasteiger partial charge on any atom is 0.408 e. The van der Waals surface area contributed by atoms with Crippen molar-refractivity contribution in [2.45, 2.75) is 65.6 Å². The standard InChI is InChI=1S/C29H40ClN3O5S/c1-18-11-12-21(17-20(18)3)25(26(35)32-24-19(2)9-8-10-22(24)30)33(14-15-34)27(36)23(13-16-39-7)31-28(37)38-29(4,5)6/h8-12,17,23,25,34H,13-16H2,1-7H3,(H,31,37)(H,32,35). The fourth-order valence-corrected chi connectivity index (χ4v) is 4.75. The Hall–Kier alpha value is -2.75. The molecule has 0 aromatic heterocycles. The van der Waals surface area contributed by atoms with Crippen LogP contribution in [0.1, 0.15) is 55.5 Å². The number of aryl methyl sites for hydroxylation is 3. The van der Waals surface area contributed by atoms with Crippen LogP contribution in [0.5, 0.6) is 0 Å². The fraction of sp³-hybridized carbons (Fsp3) is 0.483. The quantitative estimate of drug-likeness (QED) is 0.329. The third-order valence-electron chi connectivity index (χ3n) is 6.10. The minimum atomic E-state index is -1.10. The second-order valence-corrected chi connectivity index (χ2v) is 11.8. The number of thioether (sulfide) groups is 1. The van der Waals surface area contributed by atoms with Crippen molar-refractivity contribution in [3.8, 4) is 0 Å². The number of nitrogens with one attached hydrogen (secondary N) is 2. The highest BCUT2D eigenvalue weighted by Gasteiger charge is 2.36. The summed E-state index contributed by atoms with van der Waals surface area (Å²) in [5.41, 5.74) is 3.00. The van der Waals surface area contributed by atoms with Gasteiger partial charge in [0.2, 0.25) is 5.91 Å². The van der Waals surface area contributed by atoms with Crippen molar-refractivity contribution in [2.75, 3.05) is 30.5 Å². The molecule has 3 amide bonds. The Morgan fingerprint density at radius 1 is 1.08 bits per heavy atom. The lowest BCUT2D eigenvalue weighted by Crippen LogP contribution is -2.53. The van der Waals surface area contributed by atoms with Gasteiger partial charge in [-0.3, -0.25) is 9.59 Å². The van der Waals surface area contributed by atoms with E-state index < -0.39 is 35.6 Å². The molecule has 0 spiro atoms. The summed E-state index contributed by atoms with van der Waals surface area (Å²) in [6, 6.07) is 8.75. The molecule has 0 aliphatic carbocycles. The van der Waals surface area contributed by atoms with Gasteiger partial charge in [0.05, 0.1) is 17.3 Å². The van der Waals surface area contributed by atoms with E-state index in [4.69, 9.17) is 16.3 Å². The molecular weight excluding hydrogens is 538 g/mol. The van der Waals surface area contributed by atoms with Crippen molar-refractivity contribution < 1.29 is 24.2 Å². The van der Waals surface area contributed by atoms with Crippen molar-refractivity contribution in [2.24, 2.45) is 0 Å². The predicted octanol–water partition coefficient (Wildman–Crippen LogP) is 5.41. The van der Waals surface area contributed by atoms with Crippen LogP contribution >= 0.6 is 23.4 Å². The molecule has 8 nitrogen and oxygen atoms in total. The Morgan fingerprint density at radius 3 is 2.33 bits per heavy atom. The molecule has 2 unspecified atom stereocenters. The molecule has 39 heavy (non-hydrogen) atoms. The number of anilines is 1. The summed E-state index contributed by atoms with van der Waals surface area (Å²) in [5.74, 6) is -0.409. The van der Waals surface area contributed by atoms with Crippen LogP contribution in [0.4, 0.5) is 10.5 Å². The molecule has 0 saturated heterocycles. The summed E-state index contributed by atoms with van der Waals surface area (Å²) in [5, 5.41) is 15.9. The second kappa shape index (κ2) is 14.6. The van der Waals surface area contributed by atoms with Gasteiger partial charge in [0.1, 0.15) is 17.7 Å². The van der Waals surface area contributed by atoms with E-state index in [1.807, 2.05) is 45.2 Å². The summed E-state index contributed by atoms with van der Waals surface area (Å²) in [6.07, 6.45) is 1.48. The van der Waals surface area contributed by atoms with Crippen LogP contribution < -0.4 is 10.6 Å². The van der Waals surface area contributed by atoms with E-state index in [2.05, 4.69) is 10.6 Å². The monoisotopic (exact) mass is 577 g/mol. The van der Waals surface area contributed by atoms with Crippen LogP contribution in [0.3, 0.4) is 0 Å². The minimum Gasteiger partial charge on any atom is -0.444 e. The van der Waals surface area contributed by atoms with E-state index in [1.54, 1.807) is 39.0 Å². The molecule has 0 fully saturated rings. The van der Waals surface area contributed by atoms with Crippen LogP contribution in [0, 0.1) is 20.8 Å². The molecule has 2 aromatic carbocycles. The summed E-state index contributed by atoms with van der Waals surface area (Å²) in [7, 11) is 0. The number of alkyl carbamates (subject to hydrolysis) is 1. The Bertz CT molecular complexity index is 1150. The van der Waals surface area contributed by atoms with E-state index in [9.17, 15) is 19.5 Å². The zero-order valence-electron chi connectivity index (χ0n) is 23.8. The third-order valence-corrected chi connectivity index (χ3v) is 7.06. The molecule has 3 N–H and O–H groups in total. The van der Waals surface area contributed by atoms with Gasteiger partial charge in [-0.2, -0.15) is 11.8 Å². The number of hydrogen-bond acceptors (Lipinski definition) is 6. The van der Waals surface area contributed by atoms with E-state index in [0.717, 1.165) is 16.7 Å². The molecule has 2 atom stereocenters. The van der Waals surface area contributed by atoms with Crippen LogP contribution in [0.2, 0.25) is 5.02 Å². The summed E-state index contributed by atoms with van der Waals surface area (Å²) in [6.45, 7) is 10.4. The lowest BCUT2D eigenvalue weighted by atomic mass is 9.98. The molecule has 0 bridgehead atoms. The maximum absolute atomic E-state index is 14.0. The van der Waals surface area contributed by atoms with Gasteiger partial charge in [-0.15, -0.1) is 0 Å². The lowest BCUT2D eigenvalue weighted by molar-refractivity contribution is -0.141. The first-order valence-electron chi connectivity index (χ1n) is 12.8. The van der Waals surface area contributed by atoms with Gasteiger partial charge in [0, 0.05) is 6.54 Å². The van der Waals surface area contributed by atoms with E-state index in [-0.39, 0.29) is 13.2 Å².